The molecular weight excluding hydrogens is 208 g/mol. The molecule has 15 heavy (non-hydrogen) atoms. The van der Waals surface area contributed by atoms with Gasteiger partial charge in [-0.25, -0.2) is 0 Å². The van der Waals surface area contributed by atoms with Crippen molar-refractivity contribution < 1.29 is 4.74 Å². The molecule has 1 aliphatic heterocycles. The predicted octanol–water partition coefficient (Wildman–Crippen LogP) is 1.03. The Kier molecular flexibility index (Phi) is 5.97. The molecule has 0 amide bonds. The highest BCUT2D eigenvalue weighted by atomic mass is 32.2. The molecule has 0 aromatic rings. The van der Waals surface area contributed by atoms with Crippen LogP contribution in [0.2, 0.25) is 0 Å². The van der Waals surface area contributed by atoms with Gasteiger partial charge in [0.1, 0.15) is 0 Å². The number of rotatable bonds is 6. The van der Waals surface area contributed by atoms with Crippen molar-refractivity contribution in [3.63, 3.8) is 0 Å². The average Bonchev–Trinajstić information content (AvgIpc) is 2.72. The average molecular weight is 232 g/mol. The minimum absolute atomic E-state index is 0.481. The Hall–Kier alpha value is 0.230. The van der Waals surface area contributed by atoms with E-state index in [4.69, 9.17) is 10.5 Å². The Morgan fingerprint density at radius 3 is 2.80 bits per heavy atom. The molecule has 1 saturated heterocycles. The van der Waals surface area contributed by atoms with E-state index in [1.165, 1.54) is 5.75 Å². The molecule has 1 heterocycles. The topological polar surface area (TPSA) is 38.5 Å². The van der Waals surface area contributed by atoms with Gasteiger partial charge in [0.2, 0.25) is 0 Å². The number of nitrogens with zero attached hydrogens (tertiary/aromatic N) is 1. The molecule has 1 rings (SSSR count). The van der Waals surface area contributed by atoms with Crippen molar-refractivity contribution >= 4 is 11.8 Å². The van der Waals surface area contributed by atoms with Crippen LogP contribution in [0, 0.1) is 5.92 Å². The zero-order chi connectivity index (χ0) is 11.3. The van der Waals surface area contributed by atoms with E-state index in [-0.39, 0.29) is 0 Å². The highest BCUT2D eigenvalue weighted by molar-refractivity contribution is 7.98. The first kappa shape index (κ1) is 13.3. The smallest absolute Gasteiger partial charge is 0.0510 e. The summed E-state index contributed by atoms with van der Waals surface area (Å²) < 4.78 is 5.44. The van der Waals surface area contributed by atoms with Crippen LogP contribution in [0.15, 0.2) is 0 Å². The fourth-order valence-corrected chi connectivity index (χ4v) is 2.95. The van der Waals surface area contributed by atoms with Crippen molar-refractivity contribution in [3.8, 4) is 0 Å². The molecule has 3 atom stereocenters. The molecule has 0 saturated carbocycles. The highest BCUT2D eigenvalue weighted by Crippen LogP contribution is 2.21. The van der Waals surface area contributed by atoms with Gasteiger partial charge in [-0.15, -0.1) is 0 Å². The number of hydrogen-bond donors (Lipinski definition) is 1. The van der Waals surface area contributed by atoms with Crippen molar-refractivity contribution in [2.24, 2.45) is 11.7 Å². The van der Waals surface area contributed by atoms with Crippen molar-refractivity contribution in [1.29, 1.82) is 0 Å². The lowest BCUT2D eigenvalue weighted by Gasteiger charge is -2.35. The van der Waals surface area contributed by atoms with Gasteiger partial charge in [0.25, 0.3) is 0 Å². The van der Waals surface area contributed by atoms with Crippen LogP contribution in [0.3, 0.4) is 0 Å². The molecule has 0 aromatic heterocycles. The van der Waals surface area contributed by atoms with Crippen LogP contribution in [0.5, 0.6) is 0 Å². The first-order chi connectivity index (χ1) is 7.20. The van der Waals surface area contributed by atoms with E-state index >= 15 is 0 Å². The normalized spacial score (nSPS) is 25.8. The monoisotopic (exact) mass is 232 g/mol. The third-order valence-corrected chi connectivity index (χ3v) is 4.19. The first-order valence-corrected chi connectivity index (χ1v) is 7.08. The fourth-order valence-electron chi connectivity index (χ4n) is 2.23. The minimum Gasteiger partial charge on any atom is -0.381 e. The van der Waals surface area contributed by atoms with Gasteiger partial charge in [0.05, 0.1) is 6.61 Å². The van der Waals surface area contributed by atoms with Crippen LogP contribution in [-0.4, -0.2) is 55.8 Å². The van der Waals surface area contributed by atoms with E-state index in [9.17, 15) is 0 Å². The van der Waals surface area contributed by atoms with E-state index in [0.29, 0.717) is 18.0 Å². The Morgan fingerprint density at radius 2 is 2.33 bits per heavy atom. The molecule has 0 aliphatic carbocycles. The second-order valence-electron chi connectivity index (χ2n) is 4.40. The second kappa shape index (κ2) is 6.74. The maximum Gasteiger partial charge on any atom is 0.0510 e. The molecule has 3 nitrogen and oxygen atoms in total. The molecule has 4 heteroatoms. The van der Waals surface area contributed by atoms with Gasteiger partial charge in [0.15, 0.2) is 0 Å². The lowest BCUT2D eigenvalue weighted by atomic mass is 9.97. The lowest BCUT2D eigenvalue weighted by molar-refractivity contribution is 0.122. The molecule has 1 fully saturated rings. The zero-order valence-corrected chi connectivity index (χ0v) is 10.9. The molecule has 90 valence electrons. The summed E-state index contributed by atoms with van der Waals surface area (Å²) in [6, 6.07) is 1.07. The molecule has 0 radical (unpaired) electrons. The van der Waals surface area contributed by atoms with Crippen molar-refractivity contribution in [2.45, 2.75) is 25.4 Å². The SMILES string of the molecule is CSCC(C)N(C)C(CN)C1CCOC1. The Bertz CT molecular complexity index is 174. The van der Waals surface area contributed by atoms with E-state index in [0.717, 1.165) is 26.2 Å². The third kappa shape index (κ3) is 3.63. The van der Waals surface area contributed by atoms with Gasteiger partial charge < -0.3 is 10.5 Å². The van der Waals surface area contributed by atoms with E-state index in [1.54, 1.807) is 0 Å². The van der Waals surface area contributed by atoms with Gasteiger partial charge >= 0.3 is 0 Å². The van der Waals surface area contributed by atoms with Crippen LogP contribution in [0.1, 0.15) is 13.3 Å². The van der Waals surface area contributed by atoms with Gasteiger partial charge in [-0.05, 0) is 26.6 Å². The van der Waals surface area contributed by atoms with E-state index in [1.807, 2.05) is 11.8 Å². The van der Waals surface area contributed by atoms with Crippen LogP contribution >= 0.6 is 11.8 Å². The van der Waals surface area contributed by atoms with Crippen molar-refractivity contribution in [2.75, 3.05) is 38.8 Å². The Balaban J connectivity index is 2.48. The molecule has 0 spiro atoms. The molecule has 1 aliphatic rings. The summed E-state index contributed by atoms with van der Waals surface area (Å²) >= 11 is 1.89. The highest BCUT2D eigenvalue weighted by Gasteiger charge is 2.29. The van der Waals surface area contributed by atoms with Crippen LogP contribution in [-0.2, 0) is 4.74 Å². The van der Waals surface area contributed by atoms with Gasteiger partial charge in [-0.1, -0.05) is 0 Å². The standard InChI is InChI=1S/C11H24N2OS/c1-9(8-15-3)13(2)11(6-12)10-4-5-14-7-10/h9-11H,4-8,12H2,1-3H3. The number of thioether (sulfide) groups is 1. The van der Waals surface area contributed by atoms with Crippen LogP contribution in [0.4, 0.5) is 0 Å². The number of nitrogens with two attached hydrogens (primary N) is 1. The van der Waals surface area contributed by atoms with E-state index < -0.39 is 0 Å². The van der Waals surface area contributed by atoms with Crippen LogP contribution in [0.25, 0.3) is 0 Å². The van der Waals surface area contributed by atoms with Gasteiger partial charge in [0, 0.05) is 36.9 Å². The first-order valence-electron chi connectivity index (χ1n) is 5.69. The summed E-state index contributed by atoms with van der Waals surface area (Å²) in [5.74, 6) is 1.80. The Morgan fingerprint density at radius 1 is 1.60 bits per heavy atom. The van der Waals surface area contributed by atoms with Gasteiger partial charge in [-0.3, -0.25) is 4.90 Å². The predicted molar refractivity (Wildman–Crippen MR) is 67.4 cm³/mol. The second-order valence-corrected chi connectivity index (χ2v) is 5.31. The zero-order valence-electron chi connectivity index (χ0n) is 10.1. The summed E-state index contributed by atoms with van der Waals surface area (Å²) in [5, 5.41) is 0. The summed E-state index contributed by atoms with van der Waals surface area (Å²) in [7, 11) is 2.19. The summed E-state index contributed by atoms with van der Waals surface area (Å²) in [4.78, 5) is 2.43. The van der Waals surface area contributed by atoms with Crippen molar-refractivity contribution in [3.05, 3.63) is 0 Å². The quantitative estimate of drug-likeness (QED) is 0.742. The van der Waals surface area contributed by atoms with E-state index in [2.05, 4.69) is 25.1 Å². The molecular formula is C11H24N2OS. The van der Waals surface area contributed by atoms with Gasteiger partial charge in [-0.2, -0.15) is 11.8 Å². The Labute approximate surface area is 97.7 Å². The summed E-state index contributed by atoms with van der Waals surface area (Å²) in [6.45, 7) is 4.81. The third-order valence-electron chi connectivity index (χ3n) is 3.38. The largest absolute Gasteiger partial charge is 0.381 e. The number of likely N-dealkylation sites (N-methyl/N-ethyl adjacent to an activating group) is 1. The molecule has 2 N–H and O–H groups in total. The molecule has 3 unspecified atom stereocenters. The lowest BCUT2D eigenvalue weighted by Crippen LogP contribution is -2.48. The minimum atomic E-state index is 0.481. The molecule has 0 aromatic carbocycles. The summed E-state index contributed by atoms with van der Waals surface area (Å²) in [6.07, 6.45) is 3.32. The number of hydrogen-bond acceptors (Lipinski definition) is 4. The maximum atomic E-state index is 5.88. The van der Waals surface area contributed by atoms with Crippen LogP contribution < -0.4 is 5.73 Å². The maximum absolute atomic E-state index is 5.88. The van der Waals surface area contributed by atoms with Crippen molar-refractivity contribution in [1.82, 2.24) is 4.90 Å². The number of ether oxygens (including phenoxy) is 1. The fraction of sp³-hybridized carbons (Fsp3) is 1.00. The summed E-state index contributed by atoms with van der Waals surface area (Å²) in [5.41, 5.74) is 5.88. The molecule has 0 bridgehead atoms.